The molecule has 0 atom stereocenters. The van der Waals surface area contributed by atoms with Gasteiger partial charge in [-0.1, -0.05) is 64.7 Å². The molecule has 1 N–H and O–H groups in total. The molecule has 0 aromatic heterocycles. The van der Waals surface area contributed by atoms with Crippen molar-refractivity contribution in [1.29, 1.82) is 5.41 Å². The topological polar surface area (TPSA) is 23.9 Å². The van der Waals surface area contributed by atoms with Gasteiger partial charge in [0, 0.05) is 0 Å². The molecule has 2 radical (unpaired) electrons. The summed E-state index contributed by atoms with van der Waals surface area (Å²) in [6, 6.07) is 0. The molecule has 0 heterocycles. The molecule has 1 nitrogen and oxygen atoms in total. The van der Waals surface area contributed by atoms with E-state index in [4.69, 9.17) is 13.3 Å². The fraction of sp³-hybridized carbons (Fsp3) is 0.929. The highest BCUT2D eigenvalue weighted by Crippen LogP contribution is 2.32. The second kappa shape index (κ2) is 7.14. The summed E-state index contributed by atoms with van der Waals surface area (Å²) < 4.78 is 0. The Balaban J connectivity index is 2.45. The highest BCUT2D eigenvalue weighted by molar-refractivity contribution is 6.60. The quantitative estimate of drug-likeness (QED) is 0.497. The SMILES string of the molecule is [B]C(=N)C1(C)CCCCCCCCCCC1. The number of hydrogen-bond acceptors (Lipinski definition) is 1. The van der Waals surface area contributed by atoms with Gasteiger partial charge in [-0.25, -0.2) is 0 Å². The zero-order valence-electron chi connectivity index (χ0n) is 10.9. The number of hydrogen-bond donors (Lipinski definition) is 1. The molecule has 1 aliphatic rings. The van der Waals surface area contributed by atoms with Gasteiger partial charge in [0.2, 0.25) is 0 Å². The molecule has 1 rings (SSSR count). The Morgan fingerprint density at radius 1 is 0.812 bits per heavy atom. The van der Waals surface area contributed by atoms with Gasteiger partial charge in [-0.3, -0.25) is 0 Å². The van der Waals surface area contributed by atoms with Crippen LogP contribution >= 0.6 is 0 Å². The third-order valence-corrected chi connectivity index (χ3v) is 4.11. The van der Waals surface area contributed by atoms with Crippen LogP contribution in [0, 0.1) is 10.8 Å². The molecular weight excluding hydrogens is 193 g/mol. The van der Waals surface area contributed by atoms with Crippen LogP contribution in [0.25, 0.3) is 0 Å². The third-order valence-electron chi connectivity index (χ3n) is 4.11. The van der Waals surface area contributed by atoms with Crippen LogP contribution in [0.15, 0.2) is 0 Å². The van der Waals surface area contributed by atoms with Crippen molar-refractivity contribution in [2.45, 2.75) is 77.6 Å². The second-order valence-corrected chi connectivity index (χ2v) is 5.66. The average Bonchev–Trinajstić information content (AvgIpc) is 2.23. The van der Waals surface area contributed by atoms with E-state index in [9.17, 15) is 0 Å². The van der Waals surface area contributed by atoms with E-state index in [0.29, 0.717) is 5.61 Å². The third kappa shape index (κ3) is 4.72. The first kappa shape index (κ1) is 13.8. The van der Waals surface area contributed by atoms with Gasteiger partial charge >= 0.3 is 0 Å². The van der Waals surface area contributed by atoms with Gasteiger partial charge in [-0.2, -0.15) is 0 Å². The van der Waals surface area contributed by atoms with Crippen molar-refractivity contribution < 1.29 is 0 Å². The van der Waals surface area contributed by atoms with E-state index in [0.717, 1.165) is 12.8 Å². The molecule has 16 heavy (non-hydrogen) atoms. The molecule has 0 unspecified atom stereocenters. The summed E-state index contributed by atoms with van der Waals surface area (Å²) in [5.41, 5.74) is 0.392. The molecule has 0 saturated heterocycles. The van der Waals surface area contributed by atoms with Gasteiger partial charge in [0.15, 0.2) is 0 Å². The van der Waals surface area contributed by atoms with Crippen molar-refractivity contribution in [1.82, 2.24) is 0 Å². The van der Waals surface area contributed by atoms with Crippen molar-refractivity contribution in [3.05, 3.63) is 0 Å². The van der Waals surface area contributed by atoms with Crippen molar-refractivity contribution in [2.24, 2.45) is 5.41 Å². The van der Waals surface area contributed by atoms with Gasteiger partial charge in [0.1, 0.15) is 7.85 Å². The van der Waals surface area contributed by atoms with Crippen LogP contribution in [0.4, 0.5) is 0 Å². The Labute approximate surface area is 102 Å². The summed E-state index contributed by atoms with van der Waals surface area (Å²) >= 11 is 0. The molecule has 1 saturated carbocycles. The van der Waals surface area contributed by atoms with Gasteiger partial charge in [-0.05, 0) is 23.9 Å². The average molecular weight is 219 g/mol. The van der Waals surface area contributed by atoms with Crippen LogP contribution in [0.2, 0.25) is 0 Å². The summed E-state index contributed by atoms with van der Waals surface area (Å²) in [5, 5.41) is 7.76. The highest BCUT2D eigenvalue weighted by atomic mass is 14.5. The molecule has 0 aromatic carbocycles. The fourth-order valence-corrected chi connectivity index (χ4v) is 2.66. The molecule has 0 bridgehead atoms. The van der Waals surface area contributed by atoms with Gasteiger partial charge in [0.05, 0.1) is 0 Å². The first-order valence-electron chi connectivity index (χ1n) is 7.00. The lowest BCUT2D eigenvalue weighted by atomic mass is 9.69. The molecule has 0 aliphatic heterocycles. The molecule has 0 spiro atoms. The van der Waals surface area contributed by atoms with Crippen LogP contribution in [0.1, 0.15) is 77.6 Å². The van der Waals surface area contributed by atoms with Crippen LogP contribution in [0.3, 0.4) is 0 Å². The number of nitrogens with one attached hydrogen (secondary N) is 1. The van der Waals surface area contributed by atoms with E-state index in [1.165, 1.54) is 57.8 Å². The van der Waals surface area contributed by atoms with E-state index in [2.05, 4.69) is 6.92 Å². The van der Waals surface area contributed by atoms with Crippen LogP contribution in [-0.4, -0.2) is 13.5 Å². The van der Waals surface area contributed by atoms with E-state index < -0.39 is 0 Å². The Hall–Kier alpha value is -0.265. The Kier molecular flexibility index (Phi) is 6.16. The van der Waals surface area contributed by atoms with Crippen molar-refractivity contribution in [2.75, 3.05) is 0 Å². The van der Waals surface area contributed by atoms with Crippen molar-refractivity contribution >= 4 is 13.5 Å². The van der Waals surface area contributed by atoms with Crippen molar-refractivity contribution in [3.63, 3.8) is 0 Å². The largest absolute Gasteiger partial charge is 0.321 e. The molecule has 0 aromatic rings. The zero-order chi connectivity index (χ0) is 11.9. The summed E-state index contributed by atoms with van der Waals surface area (Å²) in [5.74, 6) is 0. The lowest BCUT2D eigenvalue weighted by Crippen LogP contribution is -2.27. The Morgan fingerprint density at radius 2 is 1.12 bits per heavy atom. The lowest BCUT2D eigenvalue weighted by Gasteiger charge is -2.30. The smallest absolute Gasteiger partial charge is 0.135 e. The van der Waals surface area contributed by atoms with E-state index in [1.807, 2.05) is 0 Å². The Bertz CT molecular complexity index is 201. The summed E-state index contributed by atoms with van der Waals surface area (Å²) in [6.07, 6.45) is 14.3. The maximum atomic E-state index is 7.76. The van der Waals surface area contributed by atoms with Crippen LogP contribution in [0.5, 0.6) is 0 Å². The van der Waals surface area contributed by atoms with E-state index in [-0.39, 0.29) is 5.41 Å². The molecule has 2 heteroatoms. The Morgan fingerprint density at radius 3 is 1.44 bits per heavy atom. The highest BCUT2D eigenvalue weighted by Gasteiger charge is 2.25. The molecule has 1 fully saturated rings. The normalized spacial score (nSPS) is 24.1. The second-order valence-electron chi connectivity index (χ2n) is 5.66. The summed E-state index contributed by atoms with van der Waals surface area (Å²) in [6.45, 7) is 2.18. The van der Waals surface area contributed by atoms with Crippen LogP contribution < -0.4 is 0 Å². The molecule has 0 amide bonds. The maximum Gasteiger partial charge on any atom is 0.135 e. The monoisotopic (exact) mass is 219 g/mol. The maximum absolute atomic E-state index is 7.76. The fourth-order valence-electron chi connectivity index (χ4n) is 2.66. The van der Waals surface area contributed by atoms with Crippen LogP contribution in [-0.2, 0) is 0 Å². The van der Waals surface area contributed by atoms with Gasteiger partial charge < -0.3 is 5.41 Å². The molecule has 90 valence electrons. The molecule has 1 aliphatic carbocycles. The summed E-state index contributed by atoms with van der Waals surface area (Å²) in [4.78, 5) is 0. The lowest BCUT2D eigenvalue weighted by molar-refractivity contribution is 0.353. The molecular formula is C14H26BN. The minimum atomic E-state index is -0.0147. The predicted molar refractivity (Wildman–Crippen MR) is 72.4 cm³/mol. The summed E-state index contributed by atoms with van der Waals surface area (Å²) in [7, 11) is 5.77. The minimum absolute atomic E-state index is 0.0147. The van der Waals surface area contributed by atoms with Gasteiger partial charge in [0.25, 0.3) is 0 Å². The first-order chi connectivity index (χ1) is 7.65. The first-order valence-corrected chi connectivity index (χ1v) is 7.00. The van der Waals surface area contributed by atoms with E-state index >= 15 is 0 Å². The van der Waals surface area contributed by atoms with E-state index in [1.54, 1.807) is 0 Å². The predicted octanol–water partition coefficient (Wildman–Crippen LogP) is 4.44. The standard InChI is InChI=1S/C14H26BN/c1-14(13(15)16)11-9-7-5-3-2-4-6-8-10-12-14/h16H,2-12H2,1H3. The number of rotatable bonds is 1. The van der Waals surface area contributed by atoms with Crippen molar-refractivity contribution in [3.8, 4) is 0 Å². The van der Waals surface area contributed by atoms with Gasteiger partial charge in [-0.15, -0.1) is 0 Å². The zero-order valence-corrected chi connectivity index (χ0v) is 10.9. The minimum Gasteiger partial charge on any atom is -0.321 e.